The van der Waals surface area contributed by atoms with E-state index in [1.807, 2.05) is 45.0 Å². The minimum Gasteiger partial charge on any atom is -0.369 e. The number of hydrogen-bond acceptors (Lipinski definition) is 1. The Hall–Kier alpha value is -2.68. The molecular formula is C28H33F2N. The molecule has 0 unspecified atom stereocenters. The van der Waals surface area contributed by atoms with Crippen LogP contribution < -0.4 is 4.90 Å². The minimum atomic E-state index is -0.207. The zero-order valence-electron chi connectivity index (χ0n) is 19.0. The molecule has 0 atom stereocenters. The predicted octanol–water partition coefficient (Wildman–Crippen LogP) is 7.58. The maximum atomic E-state index is 15.0. The highest BCUT2D eigenvalue weighted by molar-refractivity contribution is 5.82. The van der Waals surface area contributed by atoms with Crippen molar-refractivity contribution in [1.29, 1.82) is 0 Å². The molecule has 1 aliphatic rings. The second-order valence-corrected chi connectivity index (χ2v) is 8.61. The van der Waals surface area contributed by atoms with E-state index in [0.29, 0.717) is 11.6 Å². The number of allylic oxidation sites excluding steroid dienone is 4. The van der Waals surface area contributed by atoms with Gasteiger partial charge in [0.25, 0.3) is 0 Å². The number of benzene rings is 2. The van der Waals surface area contributed by atoms with Gasteiger partial charge in [-0.1, -0.05) is 37.4 Å². The van der Waals surface area contributed by atoms with Crippen molar-refractivity contribution in [1.82, 2.24) is 0 Å². The number of anilines is 1. The van der Waals surface area contributed by atoms with Crippen LogP contribution in [0.15, 0.2) is 61.2 Å². The van der Waals surface area contributed by atoms with Gasteiger partial charge in [-0.25, -0.2) is 8.78 Å². The average Bonchev–Trinajstić information content (AvgIpc) is 2.75. The number of halogens is 2. The zero-order chi connectivity index (χ0) is 22.5. The third-order valence-electron chi connectivity index (χ3n) is 6.48. The molecule has 31 heavy (non-hydrogen) atoms. The Labute approximate surface area is 185 Å². The van der Waals surface area contributed by atoms with Crippen LogP contribution >= 0.6 is 0 Å². The van der Waals surface area contributed by atoms with Crippen LogP contribution in [0, 0.1) is 31.4 Å². The maximum Gasteiger partial charge on any atom is 0.147 e. The fraction of sp³-hybridized carbons (Fsp3) is 0.357. The van der Waals surface area contributed by atoms with Crippen LogP contribution in [0.3, 0.4) is 0 Å². The highest BCUT2D eigenvalue weighted by Crippen LogP contribution is 2.33. The Morgan fingerprint density at radius 3 is 2.42 bits per heavy atom. The Bertz CT molecular complexity index is 994. The molecule has 0 saturated carbocycles. The van der Waals surface area contributed by atoms with Gasteiger partial charge in [-0.15, -0.1) is 0 Å². The molecule has 1 heterocycles. The first-order valence-electron chi connectivity index (χ1n) is 11.1. The van der Waals surface area contributed by atoms with E-state index in [1.54, 1.807) is 18.2 Å². The molecule has 1 saturated heterocycles. The molecule has 2 aromatic carbocycles. The number of piperidine rings is 1. The second-order valence-electron chi connectivity index (χ2n) is 8.61. The van der Waals surface area contributed by atoms with Crippen molar-refractivity contribution >= 4 is 11.3 Å². The van der Waals surface area contributed by atoms with Gasteiger partial charge in [0, 0.05) is 13.1 Å². The van der Waals surface area contributed by atoms with E-state index in [0.717, 1.165) is 72.2 Å². The Kier molecular flexibility index (Phi) is 7.48. The third-order valence-corrected chi connectivity index (χ3v) is 6.48. The van der Waals surface area contributed by atoms with E-state index in [9.17, 15) is 4.39 Å². The van der Waals surface area contributed by atoms with E-state index >= 15 is 4.39 Å². The molecule has 1 aliphatic heterocycles. The normalized spacial score (nSPS) is 15.3. The molecule has 3 heteroatoms. The number of nitrogens with zero attached hydrogens (tertiary/aromatic N) is 1. The van der Waals surface area contributed by atoms with Crippen molar-refractivity contribution in [2.24, 2.45) is 5.92 Å². The number of hydrogen-bond donors (Lipinski definition) is 0. The summed E-state index contributed by atoms with van der Waals surface area (Å²) in [7, 11) is 0. The largest absolute Gasteiger partial charge is 0.369 e. The van der Waals surface area contributed by atoms with Crippen LogP contribution in [-0.4, -0.2) is 13.1 Å². The SMILES string of the molecule is C=C/C(=C/C)C(=C)c1cc(F)c(N2CCC(CCc3ccc(C)cc3F)CC2)cc1C. The van der Waals surface area contributed by atoms with Gasteiger partial charge in [-0.3, -0.25) is 0 Å². The first-order chi connectivity index (χ1) is 14.8. The fourth-order valence-corrected chi connectivity index (χ4v) is 4.48. The summed E-state index contributed by atoms with van der Waals surface area (Å²) in [6, 6.07) is 9.02. The summed E-state index contributed by atoms with van der Waals surface area (Å²) >= 11 is 0. The lowest BCUT2D eigenvalue weighted by atomic mass is 9.89. The summed E-state index contributed by atoms with van der Waals surface area (Å²) in [5.41, 5.74) is 5.96. The van der Waals surface area contributed by atoms with Crippen molar-refractivity contribution in [2.75, 3.05) is 18.0 Å². The van der Waals surface area contributed by atoms with Gasteiger partial charge in [0.2, 0.25) is 0 Å². The number of rotatable bonds is 7. The van der Waals surface area contributed by atoms with Crippen molar-refractivity contribution < 1.29 is 8.78 Å². The molecule has 0 radical (unpaired) electrons. The van der Waals surface area contributed by atoms with Gasteiger partial charge in [0.05, 0.1) is 5.69 Å². The first kappa shape index (κ1) is 23.0. The fourth-order valence-electron chi connectivity index (χ4n) is 4.48. The lowest BCUT2D eigenvalue weighted by Gasteiger charge is -2.34. The Morgan fingerprint density at radius 1 is 1.10 bits per heavy atom. The summed E-state index contributed by atoms with van der Waals surface area (Å²) in [6.45, 7) is 15.4. The highest BCUT2D eigenvalue weighted by Gasteiger charge is 2.23. The molecule has 0 aliphatic carbocycles. The van der Waals surface area contributed by atoms with E-state index in [2.05, 4.69) is 18.1 Å². The third kappa shape index (κ3) is 5.33. The number of aryl methyl sites for hydroxylation is 3. The van der Waals surface area contributed by atoms with Gasteiger partial charge in [-0.2, -0.15) is 0 Å². The van der Waals surface area contributed by atoms with E-state index in [-0.39, 0.29) is 11.6 Å². The monoisotopic (exact) mass is 421 g/mol. The van der Waals surface area contributed by atoms with Crippen molar-refractivity contribution in [3.05, 3.63) is 95.1 Å². The molecule has 164 valence electrons. The van der Waals surface area contributed by atoms with Gasteiger partial charge >= 0.3 is 0 Å². The molecule has 0 N–H and O–H groups in total. The summed E-state index contributed by atoms with van der Waals surface area (Å²) in [4.78, 5) is 2.14. The Balaban J connectivity index is 1.63. The summed E-state index contributed by atoms with van der Waals surface area (Å²) in [5, 5.41) is 0. The predicted molar refractivity (Wildman–Crippen MR) is 129 cm³/mol. The smallest absolute Gasteiger partial charge is 0.147 e. The van der Waals surface area contributed by atoms with Crippen LogP contribution in [0.1, 0.15) is 48.4 Å². The van der Waals surface area contributed by atoms with Gasteiger partial charge in [0.1, 0.15) is 11.6 Å². The second kappa shape index (κ2) is 10.1. The summed E-state index contributed by atoms with van der Waals surface area (Å²) in [6.07, 6.45) is 7.42. The quantitative estimate of drug-likeness (QED) is 0.417. The Morgan fingerprint density at radius 2 is 1.81 bits per heavy atom. The van der Waals surface area contributed by atoms with Crippen molar-refractivity contribution in [3.63, 3.8) is 0 Å². The molecule has 3 rings (SSSR count). The molecular weight excluding hydrogens is 388 g/mol. The highest BCUT2D eigenvalue weighted by atomic mass is 19.1. The van der Waals surface area contributed by atoms with Crippen LogP contribution in [0.2, 0.25) is 0 Å². The van der Waals surface area contributed by atoms with Crippen molar-refractivity contribution in [3.8, 4) is 0 Å². The van der Waals surface area contributed by atoms with Crippen LogP contribution in [0.4, 0.5) is 14.5 Å². The van der Waals surface area contributed by atoms with Crippen LogP contribution in [-0.2, 0) is 6.42 Å². The molecule has 1 fully saturated rings. The molecule has 1 nitrogen and oxygen atoms in total. The molecule has 0 aromatic heterocycles. The molecule has 0 amide bonds. The van der Waals surface area contributed by atoms with E-state index in [4.69, 9.17) is 0 Å². The summed E-state index contributed by atoms with van der Waals surface area (Å²) < 4.78 is 29.1. The van der Waals surface area contributed by atoms with E-state index in [1.165, 1.54) is 0 Å². The topological polar surface area (TPSA) is 3.24 Å². The van der Waals surface area contributed by atoms with Crippen LogP contribution in [0.25, 0.3) is 5.57 Å². The van der Waals surface area contributed by atoms with Crippen molar-refractivity contribution in [2.45, 2.75) is 46.5 Å². The maximum absolute atomic E-state index is 15.0. The lowest BCUT2D eigenvalue weighted by molar-refractivity contribution is 0.378. The van der Waals surface area contributed by atoms with Crippen LogP contribution in [0.5, 0.6) is 0 Å². The van der Waals surface area contributed by atoms with E-state index < -0.39 is 0 Å². The summed E-state index contributed by atoms with van der Waals surface area (Å²) in [5.74, 6) is 0.237. The van der Waals surface area contributed by atoms with Gasteiger partial charge < -0.3 is 4.90 Å². The molecule has 2 aromatic rings. The van der Waals surface area contributed by atoms with Gasteiger partial charge in [-0.05, 0) is 104 Å². The first-order valence-corrected chi connectivity index (χ1v) is 11.1. The minimum absolute atomic E-state index is 0.103. The average molecular weight is 422 g/mol. The molecule has 0 bridgehead atoms. The zero-order valence-corrected chi connectivity index (χ0v) is 19.0. The lowest BCUT2D eigenvalue weighted by Crippen LogP contribution is -2.34. The standard InChI is InChI=1S/C28H33F2N/c1-6-23(7-2)21(5)25-18-27(30)28(17-20(25)4)31-14-12-22(13-15-31)9-11-24-10-8-19(3)16-26(24)29/h6-8,10,16-18,22H,1,5,9,11-15H2,2-4H3/b23-7-. The van der Waals surface area contributed by atoms with Gasteiger partial charge in [0.15, 0.2) is 0 Å². The molecule has 0 spiro atoms.